The Morgan fingerprint density at radius 1 is 0.842 bits per heavy atom. The number of hydrogen-bond donors (Lipinski definition) is 0. The number of allylic oxidation sites excluding steroid dienone is 1. The van der Waals surface area contributed by atoms with Crippen molar-refractivity contribution >= 4 is 12.2 Å². The number of rotatable bonds is 6. The van der Waals surface area contributed by atoms with Gasteiger partial charge in [-0.1, -0.05) is 79.4 Å². The van der Waals surface area contributed by atoms with Crippen LogP contribution >= 0.6 is 0 Å². The van der Waals surface area contributed by atoms with Crippen LogP contribution < -0.4 is 0 Å². The molecule has 2 rings (SSSR count). The predicted octanol–water partition coefficient (Wildman–Crippen LogP) is 5.37. The van der Waals surface area contributed by atoms with Crippen molar-refractivity contribution < 1.29 is 0 Å². The summed E-state index contributed by atoms with van der Waals surface area (Å²) in [5.41, 5.74) is 3.85. The Labute approximate surface area is 116 Å². The van der Waals surface area contributed by atoms with E-state index in [2.05, 4.69) is 73.3 Å². The quantitative estimate of drug-likeness (QED) is 0.603. The predicted molar refractivity (Wildman–Crippen MR) is 84.9 cm³/mol. The second-order valence-corrected chi connectivity index (χ2v) is 4.65. The van der Waals surface area contributed by atoms with Gasteiger partial charge < -0.3 is 0 Å². The van der Waals surface area contributed by atoms with Crippen molar-refractivity contribution in [2.75, 3.05) is 0 Å². The maximum atomic E-state index is 3.76. The first-order chi connectivity index (χ1) is 9.38. The molecule has 96 valence electrons. The average molecular weight is 248 g/mol. The highest BCUT2D eigenvalue weighted by atomic mass is 14.0. The summed E-state index contributed by atoms with van der Waals surface area (Å²) in [4.78, 5) is 0. The minimum Gasteiger partial charge on any atom is -0.0985 e. The monoisotopic (exact) mass is 248 g/mol. The zero-order valence-electron chi connectivity index (χ0n) is 11.3. The Bertz CT molecular complexity index is 518. The van der Waals surface area contributed by atoms with Crippen LogP contribution in [0.1, 0.15) is 29.5 Å². The summed E-state index contributed by atoms with van der Waals surface area (Å²) < 4.78 is 0. The normalized spacial score (nSPS) is 10.7. The van der Waals surface area contributed by atoms with E-state index in [0.717, 1.165) is 12.8 Å². The molecule has 0 aromatic heterocycles. The van der Waals surface area contributed by atoms with Crippen LogP contribution in [0.2, 0.25) is 0 Å². The third kappa shape index (κ3) is 4.59. The molecule has 2 aromatic carbocycles. The molecular formula is C19H20. The molecule has 0 spiro atoms. The molecule has 0 fully saturated rings. The molecule has 0 heteroatoms. The van der Waals surface area contributed by atoms with Crippen molar-refractivity contribution in [2.45, 2.75) is 19.3 Å². The van der Waals surface area contributed by atoms with Crippen molar-refractivity contribution in [3.8, 4) is 0 Å². The average Bonchev–Trinajstić information content (AvgIpc) is 2.49. The highest BCUT2D eigenvalue weighted by molar-refractivity contribution is 5.54. The Morgan fingerprint density at radius 2 is 1.53 bits per heavy atom. The van der Waals surface area contributed by atoms with E-state index in [0.29, 0.717) is 0 Å². The van der Waals surface area contributed by atoms with Crippen LogP contribution in [-0.4, -0.2) is 0 Å². The fourth-order valence-electron chi connectivity index (χ4n) is 2.03. The number of unbranched alkanes of at least 4 members (excludes halogenated alkanes) is 1. The van der Waals surface area contributed by atoms with Gasteiger partial charge in [0.25, 0.3) is 0 Å². The molecule has 0 aliphatic rings. The molecule has 0 heterocycles. The standard InChI is InChI=1S/C19H20/c1-2-17-13-15-19(16-14-17)12-8-4-7-11-18-9-5-3-6-10-18/h2-3,5-6,8-10,12-16H,1,4,7,11H2/b12-8-. The molecule has 2 aromatic rings. The van der Waals surface area contributed by atoms with Gasteiger partial charge in [0.15, 0.2) is 0 Å². The molecule has 0 amide bonds. The minimum absolute atomic E-state index is 1.12. The minimum atomic E-state index is 1.12. The maximum Gasteiger partial charge on any atom is -0.0259 e. The Hall–Kier alpha value is -2.08. The molecule has 0 radical (unpaired) electrons. The van der Waals surface area contributed by atoms with E-state index >= 15 is 0 Å². The molecule has 0 aliphatic carbocycles. The lowest BCUT2D eigenvalue weighted by molar-refractivity contribution is 0.845. The molecule has 0 N–H and O–H groups in total. The first-order valence-corrected chi connectivity index (χ1v) is 6.81. The lowest BCUT2D eigenvalue weighted by Gasteiger charge is -1.98. The summed E-state index contributed by atoms with van der Waals surface area (Å²) in [7, 11) is 0. The number of hydrogen-bond acceptors (Lipinski definition) is 0. The Balaban J connectivity index is 1.75. The first kappa shape index (κ1) is 13.4. The van der Waals surface area contributed by atoms with Crippen molar-refractivity contribution in [3.63, 3.8) is 0 Å². The molecule has 0 nitrogen and oxygen atoms in total. The highest BCUT2D eigenvalue weighted by Gasteiger charge is 1.90. The zero-order chi connectivity index (χ0) is 13.3. The first-order valence-electron chi connectivity index (χ1n) is 6.81. The molecule has 0 atom stereocenters. The van der Waals surface area contributed by atoms with Gasteiger partial charge >= 0.3 is 0 Å². The SMILES string of the molecule is C=Cc1ccc(/C=C\CCCc2ccccc2)cc1. The molecular weight excluding hydrogens is 228 g/mol. The highest BCUT2D eigenvalue weighted by Crippen LogP contribution is 2.09. The topological polar surface area (TPSA) is 0 Å². The van der Waals surface area contributed by atoms with Gasteiger partial charge in [0.1, 0.15) is 0 Å². The number of aryl methyl sites for hydroxylation is 1. The van der Waals surface area contributed by atoms with Crippen LogP contribution in [0.5, 0.6) is 0 Å². The van der Waals surface area contributed by atoms with Gasteiger partial charge in [0, 0.05) is 0 Å². The third-order valence-corrected chi connectivity index (χ3v) is 3.16. The van der Waals surface area contributed by atoms with E-state index < -0.39 is 0 Å². The van der Waals surface area contributed by atoms with Crippen LogP contribution in [0.3, 0.4) is 0 Å². The smallest absolute Gasteiger partial charge is 0.0259 e. The largest absolute Gasteiger partial charge is 0.0985 e. The van der Waals surface area contributed by atoms with Crippen molar-refractivity contribution in [1.29, 1.82) is 0 Å². The lowest BCUT2D eigenvalue weighted by Crippen LogP contribution is -1.82. The van der Waals surface area contributed by atoms with Crippen LogP contribution in [0, 0.1) is 0 Å². The second-order valence-electron chi connectivity index (χ2n) is 4.65. The fraction of sp³-hybridized carbons (Fsp3) is 0.158. The second kappa shape index (κ2) is 7.38. The lowest BCUT2D eigenvalue weighted by atomic mass is 10.1. The number of benzene rings is 2. The van der Waals surface area contributed by atoms with Crippen LogP contribution in [-0.2, 0) is 6.42 Å². The van der Waals surface area contributed by atoms with E-state index in [-0.39, 0.29) is 0 Å². The molecule has 0 aliphatic heterocycles. The summed E-state index contributed by atoms with van der Waals surface area (Å²) in [5.74, 6) is 0. The summed E-state index contributed by atoms with van der Waals surface area (Å²) >= 11 is 0. The van der Waals surface area contributed by atoms with Crippen LogP contribution in [0.15, 0.2) is 67.3 Å². The van der Waals surface area contributed by atoms with Crippen LogP contribution in [0.4, 0.5) is 0 Å². The Morgan fingerprint density at radius 3 is 2.21 bits per heavy atom. The summed E-state index contributed by atoms with van der Waals surface area (Å²) in [6.07, 6.45) is 9.79. The fourth-order valence-corrected chi connectivity index (χ4v) is 2.03. The van der Waals surface area contributed by atoms with E-state index in [9.17, 15) is 0 Å². The van der Waals surface area contributed by atoms with Gasteiger partial charge in [-0.3, -0.25) is 0 Å². The van der Waals surface area contributed by atoms with Gasteiger partial charge in [-0.2, -0.15) is 0 Å². The maximum absolute atomic E-state index is 3.76. The van der Waals surface area contributed by atoms with Crippen molar-refractivity contribution in [2.24, 2.45) is 0 Å². The van der Waals surface area contributed by atoms with Crippen molar-refractivity contribution in [3.05, 3.63) is 83.9 Å². The van der Waals surface area contributed by atoms with Gasteiger partial charge in [-0.15, -0.1) is 0 Å². The van der Waals surface area contributed by atoms with Gasteiger partial charge in [0.05, 0.1) is 0 Å². The molecule has 19 heavy (non-hydrogen) atoms. The molecule has 0 bridgehead atoms. The molecule has 0 saturated carbocycles. The van der Waals surface area contributed by atoms with Gasteiger partial charge in [0.2, 0.25) is 0 Å². The summed E-state index contributed by atoms with van der Waals surface area (Å²) in [6, 6.07) is 19.1. The summed E-state index contributed by atoms with van der Waals surface area (Å²) in [6.45, 7) is 3.76. The van der Waals surface area contributed by atoms with Crippen molar-refractivity contribution in [1.82, 2.24) is 0 Å². The van der Waals surface area contributed by atoms with Gasteiger partial charge in [-0.25, -0.2) is 0 Å². The van der Waals surface area contributed by atoms with Gasteiger partial charge in [-0.05, 0) is 36.0 Å². The van der Waals surface area contributed by atoms with E-state index in [1.165, 1.54) is 23.1 Å². The molecule has 0 saturated heterocycles. The third-order valence-electron chi connectivity index (χ3n) is 3.16. The van der Waals surface area contributed by atoms with E-state index in [1.807, 2.05) is 6.08 Å². The van der Waals surface area contributed by atoms with Crippen LogP contribution in [0.25, 0.3) is 12.2 Å². The Kier molecular flexibility index (Phi) is 5.18. The summed E-state index contributed by atoms with van der Waals surface area (Å²) in [5, 5.41) is 0. The zero-order valence-corrected chi connectivity index (χ0v) is 11.3. The molecule has 0 unspecified atom stereocenters. The van der Waals surface area contributed by atoms with E-state index in [1.54, 1.807) is 0 Å². The van der Waals surface area contributed by atoms with E-state index in [4.69, 9.17) is 0 Å².